The molecule has 0 bridgehead atoms. The van der Waals surface area contributed by atoms with E-state index in [0.717, 1.165) is 23.3 Å². The van der Waals surface area contributed by atoms with Gasteiger partial charge in [-0.05, 0) is 0 Å². The van der Waals surface area contributed by atoms with Gasteiger partial charge in [0.25, 0.3) is 0 Å². The van der Waals surface area contributed by atoms with Crippen LogP contribution in [0.3, 0.4) is 0 Å². The van der Waals surface area contributed by atoms with Crippen molar-refractivity contribution in [3.8, 4) is 17.6 Å². The molecule has 1 unspecified atom stereocenters. The van der Waals surface area contributed by atoms with Crippen molar-refractivity contribution in [1.29, 1.82) is 0 Å². The Balaban J connectivity index is 2.20. The van der Waals surface area contributed by atoms with E-state index in [2.05, 4.69) is 36.1 Å². The van der Waals surface area contributed by atoms with Crippen LogP contribution in [0, 0.1) is 11.8 Å². The van der Waals surface area contributed by atoms with Gasteiger partial charge in [0.2, 0.25) is 0 Å². The topological polar surface area (TPSA) is 9.23 Å². The van der Waals surface area contributed by atoms with Crippen molar-refractivity contribution >= 4 is 16.9 Å². The van der Waals surface area contributed by atoms with Crippen molar-refractivity contribution in [3.63, 3.8) is 0 Å². The number of rotatable bonds is 4. The van der Waals surface area contributed by atoms with Gasteiger partial charge in [-0.15, -0.1) is 0 Å². The van der Waals surface area contributed by atoms with Crippen LogP contribution in [-0.4, -0.2) is 24.0 Å². The monoisotopic (exact) mass is 326 g/mol. The quantitative estimate of drug-likeness (QED) is 0.620. The van der Waals surface area contributed by atoms with Crippen molar-refractivity contribution in [3.05, 3.63) is 65.2 Å². The fraction of sp³-hybridized carbons (Fsp3) is 0.222. The molecule has 0 heterocycles. The molecule has 20 heavy (non-hydrogen) atoms. The van der Waals surface area contributed by atoms with E-state index in [9.17, 15) is 0 Å². The Kier molecular flexibility index (Phi) is 5.78. The second-order valence-electron chi connectivity index (χ2n) is 4.54. The molecule has 0 saturated carbocycles. The van der Waals surface area contributed by atoms with E-state index >= 15 is 0 Å². The molecule has 0 fully saturated rings. The Morgan fingerprint density at radius 3 is 2.70 bits per heavy atom. The van der Waals surface area contributed by atoms with Crippen molar-refractivity contribution in [2.75, 3.05) is 7.11 Å². The summed E-state index contributed by atoms with van der Waals surface area (Å²) in [6, 6.07) is 16.4. The number of ether oxygens (including phenoxy) is 1. The summed E-state index contributed by atoms with van der Waals surface area (Å²) in [4.78, 5) is 0. The summed E-state index contributed by atoms with van der Waals surface area (Å²) in [5.41, 5.74) is 3.36. The molecule has 102 valence electrons. The minimum atomic E-state index is 0.823. The molecule has 0 radical (unpaired) electrons. The second kappa shape index (κ2) is 7.83. The molecular weight excluding hydrogens is 307 g/mol. The maximum absolute atomic E-state index is 5.31. The van der Waals surface area contributed by atoms with Crippen LogP contribution in [0.2, 0.25) is 5.21 Å². The molecule has 2 rings (SSSR count). The van der Waals surface area contributed by atoms with Crippen molar-refractivity contribution in [2.45, 2.75) is 18.1 Å². The minimum absolute atomic E-state index is 0.823. The third-order valence-electron chi connectivity index (χ3n) is 3.05. The molecular formula is C18H19AsO. The van der Waals surface area contributed by atoms with Gasteiger partial charge in [0, 0.05) is 0 Å². The van der Waals surface area contributed by atoms with E-state index in [1.54, 1.807) is 24.0 Å². The average molecular weight is 326 g/mol. The summed E-state index contributed by atoms with van der Waals surface area (Å²) in [6.45, 7) is 0. The zero-order chi connectivity index (χ0) is 14.2. The number of benzene rings is 2. The molecule has 0 aliphatic rings. The third kappa shape index (κ3) is 4.19. The Morgan fingerprint density at radius 1 is 1.05 bits per heavy atom. The number of aryl methyl sites for hydroxylation is 1. The zero-order valence-electron chi connectivity index (χ0n) is 11.7. The van der Waals surface area contributed by atoms with E-state index in [-0.39, 0.29) is 0 Å². The zero-order valence-corrected chi connectivity index (χ0v) is 14.1. The number of methoxy groups -OCH3 is 1. The number of para-hydroxylation sites is 1. The normalized spacial score (nSPS) is 9.70. The SMILES string of the molecule is COc1ccccc1C#Cc1cccc(CCC[AsH2])c1. The second-order valence-corrected chi connectivity index (χ2v) is 5.75. The van der Waals surface area contributed by atoms with Crippen molar-refractivity contribution in [2.24, 2.45) is 0 Å². The van der Waals surface area contributed by atoms with Gasteiger partial charge in [-0.1, -0.05) is 0 Å². The van der Waals surface area contributed by atoms with Crippen LogP contribution in [0.5, 0.6) is 5.75 Å². The standard InChI is InChI=1S/C18H19AsO/c1-20-18-10-3-2-9-17(18)12-11-16-7-4-6-15(14-16)8-5-13-19/h2-4,6-7,9-10,14H,5,8,13,19H2,1H3. The van der Waals surface area contributed by atoms with Crippen LogP contribution in [-0.2, 0) is 6.42 Å². The van der Waals surface area contributed by atoms with E-state index in [1.807, 2.05) is 24.3 Å². The van der Waals surface area contributed by atoms with Gasteiger partial charge in [0.05, 0.1) is 0 Å². The van der Waals surface area contributed by atoms with Gasteiger partial charge in [0.1, 0.15) is 0 Å². The van der Waals surface area contributed by atoms with Crippen LogP contribution in [0.25, 0.3) is 0 Å². The Bertz CT molecular complexity index is 623. The van der Waals surface area contributed by atoms with Gasteiger partial charge < -0.3 is 0 Å². The fourth-order valence-corrected chi connectivity index (χ4v) is 2.43. The molecule has 2 heteroatoms. The van der Waals surface area contributed by atoms with E-state index < -0.39 is 0 Å². The van der Waals surface area contributed by atoms with Crippen molar-refractivity contribution < 1.29 is 4.74 Å². The van der Waals surface area contributed by atoms with Crippen molar-refractivity contribution in [1.82, 2.24) is 0 Å². The third-order valence-corrected chi connectivity index (χ3v) is 3.90. The summed E-state index contributed by atoms with van der Waals surface area (Å²) in [6.07, 6.45) is 2.39. The van der Waals surface area contributed by atoms with Gasteiger partial charge in [-0.25, -0.2) is 0 Å². The molecule has 0 spiro atoms. The first-order chi connectivity index (χ1) is 9.83. The molecule has 0 amide bonds. The molecule has 2 aromatic carbocycles. The van der Waals surface area contributed by atoms with Gasteiger partial charge in [-0.3, -0.25) is 0 Å². The average Bonchev–Trinajstić information content (AvgIpc) is 2.51. The molecule has 0 N–H and O–H groups in total. The first-order valence-electron chi connectivity index (χ1n) is 6.77. The van der Waals surface area contributed by atoms with Gasteiger partial charge in [0.15, 0.2) is 0 Å². The number of hydrogen-bond donors (Lipinski definition) is 0. The molecule has 0 aliphatic carbocycles. The summed E-state index contributed by atoms with van der Waals surface area (Å²) in [5, 5.41) is 1.28. The molecule has 1 nitrogen and oxygen atoms in total. The molecule has 0 aliphatic heterocycles. The predicted molar refractivity (Wildman–Crippen MR) is 87.1 cm³/mol. The summed E-state index contributed by atoms with van der Waals surface area (Å²) >= 11 is 1.80. The Morgan fingerprint density at radius 2 is 1.90 bits per heavy atom. The van der Waals surface area contributed by atoms with Crippen LogP contribution in [0.15, 0.2) is 48.5 Å². The summed E-state index contributed by atoms with van der Waals surface area (Å²) < 4.78 is 5.31. The van der Waals surface area contributed by atoms with Crippen LogP contribution < -0.4 is 4.74 Å². The van der Waals surface area contributed by atoms with Crippen LogP contribution in [0.1, 0.15) is 23.1 Å². The van der Waals surface area contributed by atoms with E-state index in [0.29, 0.717) is 0 Å². The molecule has 0 aromatic heterocycles. The summed E-state index contributed by atoms with van der Waals surface area (Å²) in [5.74, 6) is 7.24. The van der Waals surface area contributed by atoms with Crippen LogP contribution >= 0.6 is 0 Å². The van der Waals surface area contributed by atoms with Crippen LogP contribution in [0.4, 0.5) is 0 Å². The first kappa shape index (κ1) is 14.8. The van der Waals surface area contributed by atoms with E-state index in [1.165, 1.54) is 17.2 Å². The Labute approximate surface area is 129 Å². The predicted octanol–water partition coefficient (Wildman–Crippen LogP) is 3.08. The van der Waals surface area contributed by atoms with Gasteiger partial charge >= 0.3 is 130 Å². The van der Waals surface area contributed by atoms with E-state index in [4.69, 9.17) is 4.74 Å². The molecule has 2 aromatic rings. The maximum atomic E-state index is 5.31. The molecule has 1 atom stereocenters. The van der Waals surface area contributed by atoms with Gasteiger partial charge in [-0.2, -0.15) is 0 Å². The Hall–Kier alpha value is -1.64. The molecule has 0 saturated heterocycles. The first-order valence-corrected chi connectivity index (χ1v) is 8.49. The number of hydrogen-bond acceptors (Lipinski definition) is 1. The fourth-order valence-electron chi connectivity index (χ4n) is 2.00. The summed E-state index contributed by atoms with van der Waals surface area (Å²) in [7, 11) is 1.67.